The number of hydrogen-bond acceptors (Lipinski definition) is 4. The van der Waals surface area contributed by atoms with E-state index in [1.54, 1.807) is 23.1 Å². The van der Waals surface area contributed by atoms with E-state index in [2.05, 4.69) is 39.7 Å². The second-order valence-electron chi connectivity index (χ2n) is 8.01. The third kappa shape index (κ3) is 4.39. The fourth-order valence-corrected chi connectivity index (χ4v) is 3.72. The van der Waals surface area contributed by atoms with E-state index in [0.29, 0.717) is 5.82 Å². The zero-order valence-corrected chi connectivity index (χ0v) is 17.8. The number of ether oxygens (including phenoxy) is 1. The molecule has 0 bridgehead atoms. The zero-order valence-electron chi connectivity index (χ0n) is 17.8. The maximum Gasteiger partial charge on any atom is 0.413 e. The summed E-state index contributed by atoms with van der Waals surface area (Å²) in [5.74, 6) is 1.26. The predicted molar refractivity (Wildman–Crippen MR) is 124 cm³/mol. The summed E-state index contributed by atoms with van der Waals surface area (Å²) in [6.45, 7) is 1.84. The molecule has 1 N–H and O–H groups in total. The molecule has 0 saturated heterocycles. The van der Waals surface area contributed by atoms with Crippen LogP contribution in [0.5, 0.6) is 0 Å². The van der Waals surface area contributed by atoms with Crippen LogP contribution in [0.2, 0.25) is 0 Å². The van der Waals surface area contributed by atoms with Gasteiger partial charge < -0.3 is 4.74 Å². The topological polar surface area (TPSA) is 69.0 Å². The van der Waals surface area contributed by atoms with Gasteiger partial charge in [-0.25, -0.2) is 9.48 Å². The first-order chi connectivity index (χ1) is 15.7. The quantitative estimate of drug-likeness (QED) is 0.405. The molecular formula is C26H24N4O2. The average molecular weight is 425 g/mol. The van der Waals surface area contributed by atoms with Crippen molar-refractivity contribution in [2.75, 3.05) is 5.32 Å². The highest BCUT2D eigenvalue weighted by Gasteiger charge is 2.23. The largest absolute Gasteiger partial charge is 0.441 e. The van der Waals surface area contributed by atoms with E-state index in [9.17, 15) is 4.79 Å². The summed E-state index contributed by atoms with van der Waals surface area (Å²) in [5.41, 5.74) is 5.07. The molecule has 1 amide bonds. The minimum absolute atomic E-state index is 0.361. The van der Waals surface area contributed by atoms with Crippen LogP contribution in [0.4, 0.5) is 10.6 Å². The van der Waals surface area contributed by atoms with Crippen molar-refractivity contribution in [2.45, 2.75) is 31.8 Å². The van der Waals surface area contributed by atoms with Gasteiger partial charge in [-0.2, -0.15) is 5.10 Å². The van der Waals surface area contributed by atoms with E-state index in [4.69, 9.17) is 4.74 Å². The summed E-state index contributed by atoms with van der Waals surface area (Å²) in [5, 5.41) is 7.09. The van der Waals surface area contributed by atoms with Crippen LogP contribution in [-0.4, -0.2) is 20.9 Å². The highest BCUT2D eigenvalue weighted by molar-refractivity contribution is 5.84. The van der Waals surface area contributed by atoms with Crippen molar-refractivity contribution < 1.29 is 9.53 Å². The molecule has 1 atom stereocenters. The molecule has 6 heteroatoms. The number of hydrogen-bond donors (Lipinski definition) is 1. The van der Waals surface area contributed by atoms with Gasteiger partial charge in [0.2, 0.25) is 0 Å². The average Bonchev–Trinajstić information content (AvgIpc) is 3.59. The first-order valence-electron chi connectivity index (χ1n) is 10.8. The van der Waals surface area contributed by atoms with E-state index in [1.165, 1.54) is 18.4 Å². The summed E-state index contributed by atoms with van der Waals surface area (Å²) in [7, 11) is 0. The fraction of sp³-hybridized carbons (Fsp3) is 0.192. The van der Waals surface area contributed by atoms with Crippen molar-refractivity contribution in [1.29, 1.82) is 0 Å². The lowest BCUT2D eigenvalue weighted by atomic mass is 10.1. The Labute approximate surface area is 186 Å². The lowest BCUT2D eigenvalue weighted by molar-refractivity contribution is 0.121. The van der Waals surface area contributed by atoms with Crippen LogP contribution in [0.3, 0.4) is 0 Å². The maximum atomic E-state index is 12.4. The molecule has 2 aromatic carbocycles. The molecule has 0 unspecified atom stereocenters. The molecule has 2 heterocycles. The standard InChI is InChI=1S/C26H24N4O2/c1-18(19-5-3-2-4-6-19)32-26(31)29-25-15-16-28-30(25)23-13-14-24(27-17-23)22-11-9-21(10-12-22)20-7-8-20/h2-6,9-18,20H,7-8H2,1H3,(H,29,31)/t18-/m1/s1. The lowest BCUT2D eigenvalue weighted by Crippen LogP contribution is -2.18. The highest BCUT2D eigenvalue weighted by atomic mass is 16.6. The molecule has 0 spiro atoms. The number of amides is 1. The van der Waals surface area contributed by atoms with Crippen molar-refractivity contribution in [1.82, 2.24) is 14.8 Å². The Kier molecular flexibility index (Phi) is 5.42. The third-order valence-corrected chi connectivity index (χ3v) is 5.67. The van der Waals surface area contributed by atoms with Crippen LogP contribution in [0.15, 0.2) is 85.2 Å². The number of pyridine rings is 1. The molecule has 160 valence electrons. The Morgan fingerprint density at radius 1 is 1.03 bits per heavy atom. The summed E-state index contributed by atoms with van der Waals surface area (Å²) in [4.78, 5) is 17.0. The SMILES string of the molecule is C[C@@H](OC(=O)Nc1ccnn1-c1ccc(-c2ccc(C3CC3)cc2)nc1)c1ccccc1. The van der Waals surface area contributed by atoms with Gasteiger partial charge in [-0.3, -0.25) is 10.3 Å². The molecule has 0 radical (unpaired) electrons. The first-order valence-corrected chi connectivity index (χ1v) is 10.8. The summed E-state index contributed by atoms with van der Waals surface area (Å²) in [6.07, 6.45) is 5.07. The minimum Gasteiger partial charge on any atom is -0.441 e. The van der Waals surface area contributed by atoms with Gasteiger partial charge in [0, 0.05) is 11.6 Å². The second-order valence-corrected chi connectivity index (χ2v) is 8.01. The van der Waals surface area contributed by atoms with Crippen LogP contribution in [-0.2, 0) is 4.74 Å². The Morgan fingerprint density at radius 2 is 1.81 bits per heavy atom. The first kappa shape index (κ1) is 20.0. The van der Waals surface area contributed by atoms with E-state index in [1.807, 2.05) is 49.4 Å². The van der Waals surface area contributed by atoms with E-state index >= 15 is 0 Å². The lowest BCUT2D eigenvalue weighted by Gasteiger charge is -2.15. The van der Waals surface area contributed by atoms with Gasteiger partial charge in [0.15, 0.2) is 0 Å². The molecule has 32 heavy (non-hydrogen) atoms. The Bertz CT molecular complexity index is 1200. The minimum atomic E-state index is -0.538. The molecular weight excluding hydrogens is 400 g/mol. The van der Waals surface area contributed by atoms with Crippen molar-refractivity contribution in [2.24, 2.45) is 0 Å². The van der Waals surface area contributed by atoms with Gasteiger partial charge >= 0.3 is 6.09 Å². The van der Waals surface area contributed by atoms with Gasteiger partial charge in [-0.05, 0) is 48.9 Å². The number of nitrogens with one attached hydrogen (secondary N) is 1. The van der Waals surface area contributed by atoms with Crippen molar-refractivity contribution in [3.05, 3.63) is 96.3 Å². The molecule has 0 aliphatic heterocycles. The molecule has 1 aliphatic carbocycles. The van der Waals surface area contributed by atoms with Crippen LogP contribution < -0.4 is 5.32 Å². The van der Waals surface area contributed by atoms with Crippen LogP contribution in [0, 0.1) is 0 Å². The van der Waals surface area contributed by atoms with Crippen LogP contribution in [0.1, 0.15) is 42.9 Å². The Hall–Kier alpha value is -3.93. The molecule has 2 aromatic heterocycles. The second kappa shape index (κ2) is 8.67. The van der Waals surface area contributed by atoms with Gasteiger partial charge in [-0.1, -0.05) is 54.6 Å². The number of nitrogens with zero attached hydrogens (tertiary/aromatic N) is 3. The molecule has 5 rings (SSSR count). The van der Waals surface area contributed by atoms with Crippen LogP contribution >= 0.6 is 0 Å². The number of carbonyl (C=O) groups excluding carboxylic acids is 1. The molecule has 1 aliphatic rings. The van der Waals surface area contributed by atoms with E-state index in [-0.39, 0.29) is 6.10 Å². The summed E-state index contributed by atoms with van der Waals surface area (Å²) < 4.78 is 7.13. The van der Waals surface area contributed by atoms with Gasteiger partial charge in [-0.15, -0.1) is 0 Å². The summed E-state index contributed by atoms with van der Waals surface area (Å²) in [6, 6.07) is 23.9. The van der Waals surface area contributed by atoms with Gasteiger partial charge in [0.25, 0.3) is 0 Å². The molecule has 4 aromatic rings. The van der Waals surface area contributed by atoms with E-state index < -0.39 is 6.09 Å². The normalized spacial score (nSPS) is 14.0. The smallest absolute Gasteiger partial charge is 0.413 e. The van der Waals surface area contributed by atoms with Crippen molar-refractivity contribution in [3.63, 3.8) is 0 Å². The molecule has 1 saturated carbocycles. The number of aromatic nitrogens is 3. The third-order valence-electron chi connectivity index (χ3n) is 5.67. The van der Waals surface area contributed by atoms with Crippen molar-refractivity contribution in [3.8, 4) is 16.9 Å². The molecule has 6 nitrogen and oxygen atoms in total. The fourth-order valence-electron chi connectivity index (χ4n) is 3.72. The zero-order chi connectivity index (χ0) is 21.9. The Morgan fingerprint density at radius 3 is 2.50 bits per heavy atom. The number of anilines is 1. The van der Waals surface area contributed by atoms with Gasteiger partial charge in [0.05, 0.1) is 23.8 Å². The maximum absolute atomic E-state index is 12.4. The van der Waals surface area contributed by atoms with Crippen molar-refractivity contribution >= 4 is 11.9 Å². The highest BCUT2D eigenvalue weighted by Crippen LogP contribution is 2.40. The predicted octanol–water partition coefficient (Wildman–Crippen LogP) is 6.12. The number of rotatable bonds is 6. The van der Waals surface area contributed by atoms with Gasteiger partial charge in [0.1, 0.15) is 11.9 Å². The number of benzene rings is 2. The number of carbonyl (C=O) groups is 1. The molecule has 1 fully saturated rings. The summed E-state index contributed by atoms with van der Waals surface area (Å²) >= 11 is 0. The van der Waals surface area contributed by atoms with E-state index in [0.717, 1.165) is 28.4 Å². The monoisotopic (exact) mass is 424 g/mol. The Balaban J connectivity index is 1.27. The van der Waals surface area contributed by atoms with Crippen LogP contribution in [0.25, 0.3) is 16.9 Å².